The molecule has 0 unspecified atom stereocenters. The Balaban J connectivity index is 2.01. The van der Waals surface area contributed by atoms with Crippen LogP contribution in [0.4, 0.5) is 0 Å². The monoisotopic (exact) mass is 218 g/mol. The molecule has 0 aliphatic heterocycles. The Morgan fingerprint density at radius 1 is 1.38 bits per heavy atom. The molecule has 1 aromatic rings. The van der Waals surface area contributed by atoms with E-state index < -0.39 is 0 Å². The summed E-state index contributed by atoms with van der Waals surface area (Å²) in [5.41, 5.74) is 8.01. The zero-order valence-corrected chi connectivity index (χ0v) is 9.62. The second kappa shape index (κ2) is 4.26. The van der Waals surface area contributed by atoms with E-state index in [9.17, 15) is 4.79 Å². The third kappa shape index (κ3) is 2.61. The van der Waals surface area contributed by atoms with Gasteiger partial charge in [0.25, 0.3) is 5.91 Å². The Morgan fingerprint density at radius 3 is 2.50 bits per heavy atom. The van der Waals surface area contributed by atoms with Crippen LogP contribution in [0.5, 0.6) is 0 Å². The third-order valence-corrected chi connectivity index (χ3v) is 3.00. The van der Waals surface area contributed by atoms with E-state index in [1.54, 1.807) is 0 Å². The van der Waals surface area contributed by atoms with Crippen LogP contribution in [-0.4, -0.2) is 18.0 Å². The number of hydrogen-bond donors (Lipinski definition) is 2. The van der Waals surface area contributed by atoms with Gasteiger partial charge in [-0.1, -0.05) is 12.1 Å². The number of nitrogens with one attached hydrogen (secondary N) is 1. The molecule has 86 valence electrons. The third-order valence-electron chi connectivity index (χ3n) is 3.00. The fourth-order valence-corrected chi connectivity index (χ4v) is 1.78. The number of hydrogen-bond acceptors (Lipinski definition) is 2. The van der Waals surface area contributed by atoms with Crippen molar-refractivity contribution in [2.45, 2.75) is 31.7 Å². The highest BCUT2D eigenvalue weighted by Crippen LogP contribution is 2.35. The predicted molar refractivity (Wildman–Crippen MR) is 64.3 cm³/mol. The Bertz CT molecular complexity index is 379. The summed E-state index contributed by atoms with van der Waals surface area (Å²) in [6, 6.07) is 7.73. The normalized spacial score (nSPS) is 16.9. The smallest absolute Gasteiger partial charge is 0.251 e. The molecule has 1 aromatic carbocycles. The topological polar surface area (TPSA) is 55.1 Å². The lowest BCUT2D eigenvalue weighted by atomic mass is 10.0. The quantitative estimate of drug-likeness (QED) is 0.804. The van der Waals surface area contributed by atoms with Gasteiger partial charge in [0.2, 0.25) is 0 Å². The van der Waals surface area contributed by atoms with Crippen molar-refractivity contribution in [1.29, 1.82) is 0 Å². The summed E-state index contributed by atoms with van der Waals surface area (Å²) in [5.74, 6) is -0.0112. The minimum absolute atomic E-state index is 0.0112. The molecule has 1 aliphatic rings. The van der Waals surface area contributed by atoms with Gasteiger partial charge in [0.05, 0.1) is 0 Å². The van der Waals surface area contributed by atoms with Crippen molar-refractivity contribution < 1.29 is 4.79 Å². The lowest BCUT2D eigenvalue weighted by Gasteiger charge is -2.09. The highest BCUT2D eigenvalue weighted by Gasteiger charge is 2.37. The molecule has 0 bridgehead atoms. The molecule has 0 aromatic heterocycles. The maximum absolute atomic E-state index is 11.5. The van der Waals surface area contributed by atoms with E-state index in [0.29, 0.717) is 12.1 Å². The molecule has 1 fully saturated rings. The Labute approximate surface area is 96.0 Å². The summed E-state index contributed by atoms with van der Waals surface area (Å²) in [7, 11) is 0. The van der Waals surface area contributed by atoms with Crippen LogP contribution in [0.2, 0.25) is 0 Å². The summed E-state index contributed by atoms with van der Waals surface area (Å²) >= 11 is 0. The molecule has 3 N–H and O–H groups in total. The van der Waals surface area contributed by atoms with Gasteiger partial charge in [-0.3, -0.25) is 4.79 Å². The van der Waals surface area contributed by atoms with Crippen LogP contribution >= 0.6 is 0 Å². The predicted octanol–water partition coefficient (Wildman–Crippen LogP) is 1.47. The second-order valence-electron chi connectivity index (χ2n) is 4.60. The summed E-state index contributed by atoms with van der Waals surface area (Å²) < 4.78 is 0. The summed E-state index contributed by atoms with van der Waals surface area (Å²) in [6.45, 7) is 2.57. The average Bonchev–Trinajstić information content (AvgIpc) is 2.97. The van der Waals surface area contributed by atoms with E-state index in [4.69, 9.17) is 5.73 Å². The maximum Gasteiger partial charge on any atom is 0.251 e. The van der Waals surface area contributed by atoms with Crippen LogP contribution in [0.15, 0.2) is 24.3 Å². The van der Waals surface area contributed by atoms with Crippen molar-refractivity contribution in [3.05, 3.63) is 35.4 Å². The van der Waals surface area contributed by atoms with Crippen molar-refractivity contribution in [2.24, 2.45) is 5.73 Å². The van der Waals surface area contributed by atoms with Gasteiger partial charge in [0.15, 0.2) is 0 Å². The van der Waals surface area contributed by atoms with Crippen LogP contribution in [0.3, 0.4) is 0 Å². The van der Waals surface area contributed by atoms with E-state index in [0.717, 1.165) is 19.3 Å². The first-order valence-corrected chi connectivity index (χ1v) is 5.79. The van der Waals surface area contributed by atoms with Crippen molar-refractivity contribution in [1.82, 2.24) is 5.32 Å². The first-order chi connectivity index (χ1) is 7.63. The van der Waals surface area contributed by atoms with Gasteiger partial charge in [-0.25, -0.2) is 0 Å². The molecule has 3 heteroatoms. The molecule has 0 atom stereocenters. The van der Waals surface area contributed by atoms with Crippen molar-refractivity contribution in [3.8, 4) is 0 Å². The number of amides is 1. The second-order valence-corrected chi connectivity index (χ2v) is 4.60. The molecule has 1 aliphatic carbocycles. The molecule has 0 saturated heterocycles. The summed E-state index contributed by atoms with van der Waals surface area (Å²) in [6.07, 6.45) is 3.15. The van der Waals surface area contributed by atoms with Crippen molar-refractivity contribution in [2.75, 3.05) is 6.54 Å². The maximum atomic E-state index is 11.5. The van der Waals surface area contributed by atoms with Crippen molar-refractivity contribution >= 4 is 5.91 Å². The fourth-order valence-electron chi connectivity index (χ4n) is 1.78. The lowest BCUT2D eigenvalue weighted by Crippen LogP contribution is -2.25. The van der Waals surface area contributed by atoms with E-state index in [2.05, 4.69) is 5.32 Å². The van der Waals surface area contributed by atoms with Gasteiger partial charge in [-0.2, -0.15) is 0 Å². The van der Waals surface area contributed by atoms with Gasteiger partial charge in [0.1, 0.15) is 0 Å². The summed E-state index contributed by atoms with van der Waals surface area (Å²) in [4.78, 5) is 11.5. The molecule has 1 saturated carbocycles. The SMILES string of the molecule is CCNC(=O)c1ccc(CC2(N)CC2)cc1. The number of carbonyl (C=O) groups excluding carboxylic acids is 1. The zero-order chi connectivity index (χ0) is 11.6. The van der Waals surface area contributed by atoms with Crippen LogP contribution in [0.25, 0.3) is 0 Å². The molecule has 2 rings (SSSR count). The molecule has 0 radical (unpaired) electrons. The number of benzene rings is 1. The molecule has 16 heavy (non-hydrogen) atoms. The Morgan fingerprint density at radius 2 is 2.00 bits per heavy atom. The molecular formula is C13H18N2O. The number of rotatable bonds is 4. The minimum atomic E-state index is -0.0112. The first kappa shape index (κ1) is 11.1. The van der Waals surface area contributed by atoms with Gasteiger partial charge in [0, 0.05) is 17.6 Å². The summed E-state index contributed by atoms with van der Waals surface area (Å²) in [5, 5.41) is 2.78. The van der Waals surface area contributed by atoms with Crippen LogP contribution < -0.4 is 11.1 Å². The average molecular weight is 218 g/mol. The van der Waals surface area contributed by atoms with E-state index in [1.165, 1.54) is 5.56 Å². The van der Waals surface area contributed by atoms with Gasteiger partial charge >= 0.3 is 0 Å². The van der Waals surface area contributed by atoms with E-state index in [-0.39, 0.29) is 11.4 Å². The van der Waals surface area contributed by atoms with Gasteiger partial charge < -0.3 is 11.1 Å². The Hall–Kier alpha value is -1.35. The minimum Gasteiger partial charge on any atom is -0.352 e. The molecule has 3 nitrogen and oxygen atoms in total. The van der Waals surface area contributed by atoms with Crippen molar-refractivity contribution in [3.63, 3.8) is 0 Å². The van der Waals surface area contributed by atoms with Gasteiger partial charge in [-0.05, 0) is 43.9 Å². The standard InChI is InChI=1S/C13H18N2O/c1-2-15-12(16)11-5-3-10(4-6-11)9-13(14)7-8-13/h3-6H,2,7-9,14H2,1H3,(H,15,16). The molecule has 1 amide bonds. The highest BCUT2D eigenvalue weighted by molar-refractivity contribution is 5.94. The molecular weight excluding hydrogens is 200 g/mol. The van der Waals surface area contributed by atoms with Crippen LogP contribution in [0.1, 0.15) is 35.7 Å². The van der Waals surface area contributed by atoms with Gasteiger partial charge in [-0.15, -0.1) is 0 Å². The first-order valence-electron chi connectivity index (χ1n) is 5.79. The molecule has 0 spiro atoms. The number of carbonyl (C=O) groups is 1. The largest absolute Gasteiger partial charge is 0.352 e. The Kier molecular flexibility index (Phi) is 2.97. The van der Waals surface area contributed by atoms with E-state index in [1.807, 2.05) is 31.2 Å². The lowest BCUT2D eigenvalue weighted by molar-refractivity contribution is 0.0956. The van der Waals surface area contributed by atoms with Crippen LogP contribution in [-0.2, 0) is 6.42 Å². The van der Waals surface area contributed by atoms with E-state index >= 15 is 0 Å². The van der Waals surface area contributed by atoms with Crippen LogP contribution in [0, 0.1) is 0 Å². The fraction of sp³-hybridized carbons (Fsp3) is 0.462. The number of nitrogens with two attached hydrogens (primary N) is 1. The highest BCUT2D eigenvalue weighted by atomic mass is 16.1. The zero-order valence-electron chi connectivity index (χ0n) is 9.62. The molecule has 0 heterocycles.